The number of carbonyl (C=O) groups excluding carboxylic acids is 1. The van der Waals surface area contributed by atoms with Gasteiger partial charge in [-0.15, -0.1) is 0 Å². The van der Waals surface area contributed by atoms with Gasteiger partial charge in [-0.3, -0.25) is 4.79 Å². The molecule has 17 heavy (non-hydrogen) atoms. The van der Waals surface area contributed by atoms with Gasteiger partial charge < -0.3 is 11.1 Å². The van der Waals surface area contributed by atoms with Crippen LogP contribution in [-0.2, 0) is 0 Å². The van der Waals surface area contributed by atoms with Crippen LogP contribution in [0.5, 0.6) is 0 Å². The van der Waals surface area contributed by atoms with E-state index in [-0.39, 0.29) is 11.8 Å². The van der Waals surface area contributed by atoms with Gasteiger partial charge in [-0.05, 0) is 18.2 Å². The van der Waals surface area contributed by atoms with Crippen LogP contribution < -0.4 is 11.1 Å². The molecule has 0 saturated carbocycles. The third-order valence-corrected chi connectivity index (χ3v) is 3.45. The van der Waals surface area contributed by atoms with Crippen molar-refractivity contribution in [1.82, 2.24) is 5.32 Å². The number of halogens is 2. The highest BCUT2D eigenvalue weighted by Gasteiger charge is 2.12. The first-order chi connectivity index (χ1) is 7.91. The van der Waals surface area contributed by atoms with Gasteiger partial charge in [0.2, 0.25) is 0 Å². The fraction of sp³-hybridized carbons (Fsp3) is 0.273. The summed E-state index contributed by atoms with van der Waals surface area (Å²) >= 11 is 14.1. The summed E-state index contributed by atoms with van der Waals surface area (Å²) in [4.78, 5) is 12.2. The van der Waals surface area contributed by atoms with Crippen LogP contribution in [0.1, 0.15) is 17.3 Å². The van der Waals surface area contributed by atoms with E-state index in [4.69, 9.17) is 29.6 Å². The van der Waals surface area contributed by atoms with Crippen LogP contribution in [0.4, 0.5) is 0 Å². The minimum atomic E-state index is -0.237. The molecule has 0 radical (unpaired) electrons. The molecule has 0 aliphatic heterocycles. The summed E-state index contributed by atoms with van der Waals surface area (Å²) in [6.45, 7) is 2.25. The molecule has 0 heterocycles. The fourth-order valence-corrected chi connectivity index (χ4v) is 1.76. The first-order valence-corrected chi connectivity index (χ1v) is 6.52. The highest BCUT2D eigenvalue weighted by Crippen LogP contribution is 2.20. The molecule has 3 N–H and O–H groups in total. The van der Waals surface area contributed by atoms with Gasteiger partial charge in [-0.1, -0.05) is 46.7 Å². The SMILES string of the molecule is CC(CNC(=O)c1cc(Br)ccc1Cl)C(N)=S. The Hall–Kier alpha value is -0.650. The first kappa shape index (κ1) is 14.4. The van der Waals surface area contributed by atoms with E-state index in [1.807, 2.05) is 6.92 Å². The predicted octanol–water partition coefficient (Wildman–Crippen LogP) is 2.75. The third kappa shape index (κ3) is 4.26. The topological polar surface area (TPSA) is 55.1 Å². The van der Waals surface area contributed by atoms with E-state index in [2.05, 4.69) is 21.2 Å². The number of amides is 1. The first-order valence-electron chi connectivity index (χ1n) is 4.94. The van der Waals surface area contributed by atoms with E-state index < -0.39 is 0 Å². The maximum absolute atomic E-state index is 11.8. The van der Waals surface area contributed by atoms with Crippen molar-refractivity contribution < 1.29 is 4.79 Å². The van der Waals surface area contributed by atoms with Gasteiger partial charge in [0.05, 0.1) is 15.6 Å². The Balaban J connectivity index is 2.70. The molecule has 1 aromatic rings. The smallest absolute Gasteiger partial charge is 0.252 e. The average molecular weight is 336 g/mol. The minimum Gasteiger partial charge on any atom is -0.393 e. The molecule has 0 fully saturated rings. The third-order valence-electron chi connectivity index (χ3n) is 2.23. The Labute approximate surface area is 119 Å². The second-order valence-corrected chi connectivity index (χ2v) is 5.43. The van der Waals surface area contributed by atoms with E-state index in [0.717, 1.165) is 4.47 Å². The zero-order chi connectivity index (χ0) is 13.0. The van der Waals surface area contributed by atoms with Crippen molar-refractivity contribution >= 4 is 50.6 Å². The molecule has 1 amide bonds. The molecule has 1 atom stereocenters. The molecule has 0 spiro atoms. The van der Waals surface area contributed by atoms with Crippen LogP contribution in [0.15, 0.2) is 22.7 Å². The molecule has 6 heteroatoms. The Morgan fingerprint density at radius 2 is 2.29 bits per heavy atom. The van der Waals surface area contributed by atoms with Gasteiger partial charge in [0.25, 0.3) is 5.91 Å². The molecule has 1 rings (SSSR count). The lowest BCUT2D eigenvalue weighted by atomic mass is 10.1. The van der Waals surface area contributed by atoms with Crippen LogP contribution in [-0.4, -0.2) is 17.4 Å². The predicted molar refractivity (Wildman–Crippen MR) is 77.4 cm³/mol. The number of hydrogen-bond acceptors (Lipinski definition) is 2. The van der Waals surface area contributed by atoms with Crippen molar-refractivity contribution in [2.75, 3.05) is 6.54 Å². The van der Waals surface area contributed by atoms with Crippen molar-refractivity contribution in [3.05, 3.63) is 33.3 Å². The molecule has 0 aliphatic carbocycles. The summed E-state index contributed by atoms with van der Waals surface area (Å²) in [6, 6.07) is 5.11. The Morgan fingerprint density at radius 1 is 1.65 bits per heavy atom. The second-order valence-electron chi connectivity index (χ2n) is 3.64. The monoisotopic (exact) mass is 334 g/mol. The summed E-state index contributed by atoms with van der Waals surface area (Å²) in [6.07, 6.45) is 0. The largest absolute Gasteiger partial charge is 0.393 e. The summed E-state index contributed by atoms with van der Waals surface area (Å²) < 4.78 is 0.800. The maximum Gasteiger partial charge on any atom is 0.252 e. The van der Waals surface area contributed by atoms with Crippen LogP contribution in [0.3, 0.4) is 0 Å². The van der Waals surface area contributed by atoms with Crippen LogP contribution in [0.25, 0.3) is 0 Å². The number of carbonyl (C=O) groups is 1. The highest BCUT2D eigenvalue weighted by atomic mass is 79.9. The quantitative estimate of drug-likeness (QED) is 0.832. The van der Waals surface area contributed by atoms with Gasteiger partial charge in [-0.2, -0.15) is 0 Å². The van der Waals surface area contributed by atoms with Crippen molar-refractivity contribution in [3.63, 3.8) is 0 Å². The van der Waals surface area contributed by atoms with Gasteiger partial charge in [0.1, 0.15) is 0 Å². The molecule has 92 valence electrons. The normalized spacial score (nSPS) is 11.9. The molecule has 1 aromatic carbocycles. The second kappa shape index (κ2) is 6.33. The van der Waals surface area contributed by atoms with E-state index >= 15 is 0 Å². The van der Waals surface area contributed by atoms with Crippen molar-refractivity contribution in [2.45, 2.75) is 6.92 Å². The van der Waals surface area contributed by atoms with Crippen LogP contribution in [0.2, 0.25) is 5.02 Å². The molecule has 0 aromatic heterocycles. The summed E-state index contributed by atoms with van der Waals surface area (Å²) in [7, 11) is 0. The number of nitrogens with two attached hydrogens (primary N) is 1. The van der Waals surface area contributed by atoms with E-state index in [0.29, 0.717) is 22.1 Å². The fourth-order valence-electron chi connectivity index (χ4n) is 1.11. The number of hydrogen-bond donors (Lipinski definition) is 2. The molecule has 3 nitrogen and oxygen atoms in total. The number of benzene rings is 1. The molecule has 1 unspecified atom stereocenters. The lowest BCUT2D eigenvalue weighted by molar-refractivity contribution is 0.0951. The lowest BCUT2D eigenvalue weighted by Crippen LogP contribution is -2.33. The summed E-state index contributed by atoms with van der Waals surface area (Å²) in [5.41, 5.74) is 5.89. The van der Waals surface area contributed by atoms with Gasteiger partial charge in [0, 0.05) is 16.9 Å². The number of thiocarbonyl (C=S) groups is 1. The Kier molecular flexibility index (Phi) is 5.36. The lowest BCUT2D eigenvalue weighted by Gasteiger charge is -2.11. The van der Waals surface area contributed by atoms with Gasteiger partial charge >= 0.3 is 0 Å². The van der Waals surface area contributed by atoms with Crippen molar-refractivity contribution in [3.8, 4) is 0 Å². The zero-order valence-corrected chi connectivity index (χ0v) is 12.3. The minimum absolute atomic E-state index is 0.0418. The highest BCUT2D eigenvalue weighted by molar-refractivity contribution is 9.10. The van der Waals surface area contributed by atoms with Crippen molar-refractivity contribution in [2.24, 2.45) is 11.7 Å². The van der Waals surface area contributed by atoms with Gasteiger partial charge in [0.15, 0.2) is 0 Å². The zero-order valence-electron chi connectivity index (χ0n) is 9.17. The summed E-state index contributed by atoms with van der Waals surface area (Å²) in [5.74, 6) is -0.278. The number of rotatable bonds is 4. The molecule has 0 aliphatic rings. The van der Waals surface area contributed by atoms with E-state index in [9.17, 15) is 4.79 Å². The van der Waals surface area contributed by atoms with Crippen molar-refractivity contribution in [1.29, 1.82) is 0 Å². The Bertz CT molecular complexity index is 453. The maximum atomic E-state index is 11.8. The number of nitrogens with one attached hydrogen (secondary N) is 1. The molecule has 0 saturated heterocycles. The molecule has 0 bridgehead atoms. The standard InChI is InChI=1S/C11H12BrClN2OS/c1-6(10(14)17)5-15-11(16)8-4-7(12)2-3-9(8)13/h2-4,6H,5H2,1H3,(H2,14,17)(H,15,16). The van der Waals surface area contributed by atoms with Gasteiger partial charge in [-0.25, -0.2) is 0 Å². The molecular weight excluding hydrogens is 324 g/mol. The van der Waals surface area contributed by atoms with E-state index in [1.54, 1.807) is 18.2 Å². The van der Waals surface area contributed by atoms with Crippen LogP contribution in [0, 0.1) is 5.92 Å². The van der Waals surface area contributed by atoms with Crippen LogP contribution >= 0.6 is 39.7 Å². The summed E-state index contributed by atoms with van der Waals surface area (Å²) in [5, 5.41) is 3.15. The Morgan fingerprint density at radius 3 is 2.88 bits per heavy atom. The molecular formula is C11H12BrClN2OS. The average Bonchev–Trinajstić information content (AvgIpc) is 2.28. The van der Waals surface area contributed by atoms with E-state index in [1.165, 1.54) is 0 Å².